The van der Waals surface area contributed by atoms with E-state index in [1.165, 1.54) is 17.8 Å². The molecule has 1 aromatic rings. The Morgan fingerprint density at radius 3 is 2.80 bits per heavy atom. The van der Waals surface area contributed by atoms with E-state index < -0.39 is 5.97 Å². The summed E-state index contributed by atoms with van der Waals surface area (Å²) in [5, 5.41) is 6.31. The Morgan fingerprint density at radius 2 is 2.27 bits per heavy atom. The number of amides is 1. The average molecular weight is 211 g/mol. The Labute approximate surface area is 87.2 Å². The number of aromatic nitrogens is 2. The fourth-order valence-electron chi connectivity index (χ4n) is 1.10. The summed E-state index contributed by atoms with van der Waals surface area (Å²) in [4.78, 5) is 22.6. The number of hydrogen-bond donors (Lipinski definition) is 1. The first-order chi connectivity index (χ1) is 7.10. The van der Waals surface area contributed by atoms with Crippen molar-refractivity contribution in [2.24, 2.45) is 7.05 Å². The van der Waals surface area contributed by atoms with Crippen LogP contribution in [0.3, 0.4) is 0 Å². The topological polar surface area (TPSA) is 73.2 Å². The number of rotatable bonds is 3. The summed E-state index contributed by atoms with van der Waals surface area (Å²) in [6, 6.07) is 1.40. The molecule has 0 radical (unpaired) electrons. The highest BCUT2D eigenvalue weighted by Gasteiger charge is 2.17. The Kier molecular flexibility index (Phi) is 3.43. The first-order valence-electron chi connectivity index (χ1n) is 4.53. The van der Waals surface area contributed by atoms with Crippen LogP contribution in [-0.4, -0.2) is 35.3 Å². The molecule has 6 nitrogen and oxygen atoms in total. The van der Waals surface area contributed by atoms with Gasteiger partial charge in [0, 0.05) is 20.2 Å². The van der Waals surface area contributed by atoms with Gasteiger partial charge in [-0.3, -0.25) is 9.48 Å². The largest absolute Gasteiger partial charge is 0.461 e. The van der Waals surface area contributed by atoms with Crippen LogP contribution in [0.25, 0.3) is 0 Å². The summed E-state index contributed by atoms with van der Waals surface area (Å²) in [5.41, 5.74) is 0.457. The molecule has 0 saturated carbocycles. The molecule has 0 bridgehead atoms. The zero-order valence-electron chi connectivity index (χ0n) is 8.90. The molecule has 0 atom stereocenters. The first-order valence-corrected chi connectivity index (χ1v) is 4.53. The normalized spacial score (nSPS) is 9.80. The van der Waals surface area contributed by atoms with E-state index in [1.807, 2.05) is 0 Å². The van der Waals surface area contributed by atoms with Crippen LogP contribution in [0.5, 0.6) is 0 Å². The van der Waals surface area contributed by atoms with Crippen LogP contribution < -0.4 is 5.32 Å². The number of esters is 1. The maximum absolute atomic E-state index is 11.4. The van der Waals surface area contributed by atoms with Gasteiger partial charge >= 0.3 is 5.97 Å². The van der Waals surface area contributed by atoms with Crippen LogP contribution in [0.1, 0.15) is 27.9 Å². The Morgan fingerprint density at radius 1 is 1.60 bits per heavy atom. The minimum Gasteiger partial charge on any atom is -0.461 e. The Bertz CT molecular complexity index is 384. The molecule has 1 aromatic heterocycles. The van der Waals surface area contributed by atoms with Gasteiger partial charge in [-0.1, -0.05) is 0 Å². The molecule has 0 saturated heterocycles. The Balaban J connectivity index is 2.96. The molecule has 0 aromatic carbocycles. The molecule has 0 aliphatic carbocycles. The molecule has 1 amide bonds. The van der Waals surface area contributed by atoms with Crippen molar-refractivity contribution >= 4 is 11.9 Å². The molecule has 1 rings (SSSR count). The molecule has 1 N–H and O–H groups in total. The number of carbonyl (C=O) groups is 2. The van der Waals surface area contributed by atoms with Gasteiger partial charge in [-0.25, -0.2) is 4.79 Å². The van der Waals surface area contributed by atoms with Crippen molar-refractivity contribution in [3.8, 4) is 0 Å². The lowest BCUT2D eigenvalue weighted by Gasteiger charge is -1.99. The van der Waals surface area contributed by atoms with E-state index in [0.29, 0.717) is 6.61 Å². The lowest BCUT2D eigenvalue weighted by atomic mass is 10.3. The van der Waals surface area contributed by atoms with E-state index in [9.17, 15) is 9.59 Å². The van der Waals surface area contributed by atoms with E-state index in [2.05, 4.69) is 10.4 Å². The number of aryl methyl sites for hydroxylation is 1. The van der Waals surface area contributed by atoms with Crippen LogP contribution in [0, 0.1) is 0 Å². The molecule has 0 aliphatic heterocycles. The lowest BCUT2D eigenvalue weighted by Crippen LogP contribution is -2.18. The molecule has 15 heavy (non-hydrogen) atoms. The summed E-state index contributed by atoms with van der Waals surface area (Å²) in [6.45, 7) is 2.01. The number of nitrogens with zero attached hydrogens (tertiary/aromatic N) is 2. The predicted octanol–water partition coefficient (Wildman–Crippen LogP) is -0.0436. The minimum atomic E-state index is -0.484. The summed E-state index contributed by atoms with van der Waals surface area (Å²) >= 11 is 0. The fourth-order valence-corrected chi connectivity index (χ4v) is 1.10. The molecule has 0 aliphatic rings. The van der Waals surface area contributed by atoms with Crippen LogP contribution in [0.2, 0.25) is 0 Å². The van der Waals surface area contributed by atoms with Gasteiger partial charge in [0.1, 0.15) is 5.69 Å². The number of hydrogen-bond acceptors (Lipinski definition) is 4. The van der Waals surface area contributed by atoms with E-state index in [1.54, 1.807) is 14.0 Å². The number of ether oxygens (including phenoxy) is 1. The van der Waals surface area contributed by atoms with Crippen LogP contribution in [0.15, 0.2) is 6.07 Å². The van der Waals surface area contributed by atoms with Crippen LogP contribution in [0.4, 0.5) is 0 Å². The molecule has 1 heterocycles. The van der Waals surface area contributed by atoms with E-state index in [0.717, 1.165) is 0 Å². The number of carbonyl (C=O) groups excluding carboxylic acids is 2. The van der Waals surface area contributed by atoms with E-state index >= 15 is 0 Å². The van der Waals surface area contributed by atoms with Gasteiger partial charge in [0.15, 0.2) is 5.69 Å². The van der Waals surface area contributed by atoms with Crippen molar-refractivity contribution in [1.29, 1.82) is 0 Å². The van der Waals surface area contributed by atoms with Gasteiger partial charge < -0.3 is 10.1 Å². The summed E-state index contributed by atoms with van der Waals surface area (Å²) in [7, 11) is 3.08. The monoisotopic (exact) mass is 211 g/mol. The Hall–Kier alpha value is -1.85. The zero-order chi connectivity index (χ0) is 11.4. The third-order valence-corrected chi connectivity index (χ3v) is 1.82. The third kappa shape index (κ3) is 2.34. The van der Waals surface area contributed by atoms with Crippen molar-refractivity contribution in [2.45, 2.75) is 6.92 Å². The minimum absolute atomic E-state index is 0.197. The van der Waals surface area contributed by atoms with Gasteiger partial charge in [-0.2, -0.15) is 5.10 Å². The summed E-state index contributed by atoms with van der Waals surface area (Å²) < 4.78 is 6.13. The molecule has 6 heteroatoms. The highest BCUT2D eigenvalue weighted by Crippen LogP contribution is 2.04. The second kappa shape index (κ2) is 4.59. The molecule has 0 unspecified atom stereocenters. The van der Waals surface area contributed by atoms with Gasteiger partial charge in [0.25, 0.3) is 5.91 Å². The third-order valence-electron chi connectivity index (χ3n) is 1.82. The molecular formula is C9H13N3O3. The van der Waals surface area contributed by atoms with Crippen molar-refractivity contribution < 1.29 is 14.3 Å². The molecule has 0 fully saturated rings. The second-order valence-corrected chi connectivity index (χ2v) is 2.84. The van der Waals surface area contributed by atoms with Gasteiger partial charge in [0.2, 0.25) is 0 Å². The lowest BCUT2D eigenvalue weighted by molar-refractivity contribution is 0.0513. The predicted molar refractivity (Wildman–Crippen MR) is 52.6 cm³/mol. The number of nitrogens with one attached hydrogen (secondary N) is 1. The quantitative estimate of drug-likeness (QED) is 0.712. The SMILES string of the molecule is CCOC(=O)c1cc(C(=O)NC)nn1C. The zero-order valence-corrected chi connectivity index (χ0v) is 8.90. The molecule has 0 spiro atoms. The summed E-state index contributed by atoms with van der Waals surface area (Å²) in [6.07, 6.45) is 0. The summed E-state index contributed by atoms with van der Waals surface area (Å²) in [5.74, 6) is -0.816. The maximum Gasteiger partial charge on any atom is 0.356 e. The molecule has 82 valence electrons. The van der Waals surface area contributed by atoms with Crippen molar-refractivity contribution in [1.82, 2.24) is 15.1 Å². The van der Waals surface area contributed by atoms with Crippen LogP contribution >= 0.6 is 0 Å². The van der Waals surface area contributed by atoms with Gasteiger partial charge in [-0.15, -0.1) is 0 Å². The van der Waals surface area contributed by atoms with Gasteiger partial charge in [-0.05, 0) is 6.92 Å². The molecular weight excluding hydrogens is 198 g/mol. The highest BCUT2D eigenvalue weighted by molar-refractivity contribution is 5.95. The average Bonchev–Trinajstić information content (AvgIpc) is 2.59. The fraction of sp³-hybridized carbons (Fsp3) is 0.444. The van der Waals surface area contributed by atoms with Crippen molar-refractivity contribution in [2.75, 3.05) is 13.7 Å². The van der Waals surface area contributed by atoms with E-state index in [-0.39, 0.29) is 17.3 Å². The first kappa shape index (κ1) is 11.2. The van der Waals surface area contributed by atoms with E-state index in [4.69, 9.17) is 4.74 Å². The van der Waals surface area contributed by atoms with Crippen LogP contribution in [-0.2, 0) is 11.8 Å². The maximum atomic E-state index is 11.4. The highest BCUT2D eigenvalue weighted by atomic mass is 16.5. The second-order valence-electron chi connectivity index (χ2n) is 2.84. The van der Waals surface area contributed by atoms with Crippen molar-refractivity contribution in [3.63, 3.8) is 0 Å². The smallest absolute Gasteiger partial charge is 0.356 e. The standard InChI is InChI=1S/C9H13N3O3/c1-4-15-9(14)7-5-6(8(13)10-2)11-12(7)3/h5H,4H2,1-3H3,(H,10,13). The van der Waals surface area contributed by atoms with Crippen molar-refractivity contribution in [3.05, 3.63) is 17.5 Å². The van der Waals surface area contributed by atoms with Gasteiger partial charge in [0.05, 0.1) is 6.61 Å².